The molecule has 4 rings (SSSR count). The molecule has 0 bridgehead atoms. The van der Waals surface area contributed by atoms with Gasteiger partial charge in [0.05, 0.1) is 18.3 Å². The Hall–Kier alpha value is -1.50. The van der Waals surface area contributed by atoms with Gasteiger partial charge in [-0.25, -0.2) is 4.79 Å². The highest BCUT2D eigenvalue weighted by Gasteiger charge is 2.65. The molecule has 4 aliphatic carbocycles. The van der Waals surface area contributed by atoms with E-state index in [1.807, 2.05) is 20.8 Å². The number of aliphatic hydroxyl groups is 3. The summed E-state index contributed by atoms with van der Waals surface area (Å²) in [5.74, 6) is 0.370. The first-order valence-corrected chi connectivity index (χ1v) is 15.9. The van der Waals surface area contributed by atoms with Crippen LogP contribution in [0, 0.1) is 46.3 Å². The van der Waals surface area contributed by atoms with Crippen molar-refractivity contribution in [2.24, 2.45) is 46.3 Å². The predicted molar refractivity (Wildman–Crippen MR) is 156 cm³/mol. The van der Waals surface area contributed by atoms with Crippen LogP contribution in [0.4, 0.5) is 0 Å². The van der Waals surface area contributed by atoms with Crippen LogP contribution in [0.25, 0.3) is 0 Å². The number of fused-ring (bicyclic) bond motifs is 5. The van der Waals surface area contributed by atoms with E-state index in [2.05, 4.69) is 26.8 Å². The Morgan fingerprint density at radius 3 is 2.40 bits per heavy atom. The van der Waals surface area contributed by atoms with Crippen LogP contribution in [0.15, 0.2) is 23.3 Å². The largest absolute Gasteiger partial charge is 0.393 e. The highest BCUT2D eigenvalue weighted by atomic mass is 16.6. The van der Waals surface area contributed by atoms with E-state index >= 15 is 0 Å². The van der Waals surface area contributed by atoms with E-state index in [4.69, 9.17) is 4.74 Å². The molecule has 0 aromatic carbocycles. The number of rotatable bonds is 8. The smallest absolute Gasteiger partial charge is 0.338 e. The summed E-state index contributed by atoms with van der Waals surface area (Å²) in [5.41, 5.74) is 1.89. The second-order valence-electron chi connectivity index (χ2n) is 14.6. The van der Waals surface area contributed by atoms with Gasteiger partial charge in [0, 0.05) is 12.5 Å². The predicted octanol–water partition coefficient (Wildman–Crippen LogP) is 6.13. The zero-order valence-electron chi connectivity index (χ0n) is 25.7. The van der Waals surface area contributed by atoms with Gasteiger partial charge in [-0.15, -0.1) is 0 Å². The summed E-state index contributed by atoms with van der Waals surface area (Å²) >= 11 is 0. The Labute approximate surface area is 241 Å². The van der Waals surface area contributed by atoms with Crippen LogP contribution in [-0.4, -0.2) is 45.6 Å². The molecule has 4 saturated carbocycles. The molecule has 11 unspecified atom stereocenters. The molecule has 226 valence electrons. The first-order valence-electron chi connectivity index (χ1n) is 15.9. The van der Waals surface area contributed by atoms with Gasteiger partial charge >= 0.3 is 11.9 Å². The van der Waals surface area contributed by atoms with Crippen molar-refractivity contribution in [2.75, 3.05) is 0 Å². The lowest BCUT2D eigenvalue weighted by atomic mass is 9.43. The van der Waals surface area contributed by atoms with E-state index in [1.165, 1.54) is 11.6 Å². The van der Waals surface area contributed by atoms with Gasteiger partial charge in [0.25, 0.3) is 0 Å². The third-order valence-corrected chi connectivity index (χ3v) is 12.0. The summed E-state index contributed by atoms with van der Waals surface area (Å²) in [6.07, 6.45) is 10.8. The van der Waals surface area contributed by atoms with Crippen molar-refractivity contribution in [3.8, 4) is 0 Å². The number of ether oxygens (including phenoxy) is 1. The molecule has 40 heavy (non-hydrogen) atoms. The van der Waals surface area contributed by atoms with Crippen molar-refractivity contribution >= 4 is 11.9 Å². The lowest BCUT2D eigenvalue weighted by Crippen LogP contribution is -2.62. The quantitative estimate of drug-likeness (QED) is 0.143. The molecular weight excluding hydrogens is 504 g/mol. The van der Waals surface area contributed by atoms with Crippen LogP contribution in [0.2, 0.25) is 0 Å². The average molecular weight is 559 g/mol. The minimum Gasteiger partial charge on any atom is -0.393 e. The van der Waals surface area contributed by atoms with E-state index in [0.29, 0.717) is 18.8 Å². The van der Waals surface area contributed by atoms with Gasteiger partial charge in [0.15, 0.2) is 0 Å². The number of carbonyl (C=O) groups excluding carboxylic acids is 2. The third-order valence-electron chi connectivity index (χ3n) is 12.0. The first-order chi connectivity index (χ1) is 18.8. The summed E-state index contributed by atoms with van der Waals surface area (Å²) in [4.78, 5) is 24.8. The lowest BCUT2D eigenvalue weighted by molar-refractivity contribution is -0.207. The van der Waals surface area contributed by atoms with Crippen LogP contribution in [-0.2, 0) is 14.3 Å². The summed E-state index contributed by atoms with van der Waals surface area (Å²) < 4.78 is 5.10. The molecule has 0 saturated heterocycles. The van der Waals surface area contributed by atoms with Gasteiger partial charge in [0.1, 0.15) is 0 Å². The molecule has 0 aromatic heterocycles. The summed E-state index contributed by atoms with van der Waals surface area (Å²) in [5, 5.41) is 33.5. The molecule has 0 aromatic rings. The van der Waals surface area contributed by atoms with E-state index in [-0.39, 0.29) is 52.9 Å². The summed E-state index contributed by atoms with van der Waals surface area (Å²) in [7, 11) is 0. The molecule has 0 spiro atoms. The molecule has 6 nitrogen and oxygen atoms in total. The van der Waals surface area contributed by atoms with Crippen molar-refractivity contribution in [2.45, 2.75) is 130 Å². The van der Waals surface area contributed by atoms with Crippen molar-refractivity contribution in [1.82, 2.24) is 0 Å². The van der Waals surface area contributed by atoms with Crippen LogP contribution >= 0.6 is 0 Å². The highest BCUT2D eigenvalue weighted by molar-refractivity contribution is 5.92. The Morgan fingerprint density at radius 2 is 1.70 bits per heavy atom. The molecule has 4 aliphatic rings. The van der Waals surface area contributed by atoms with Gasteiger partial charge < -0.3 is 20.1 Å². The maximum atomic E-state index is 12.5. The minimum absolute atomic E-state index is 0.0594. The fraction of sp³-hybridized carbons (Fsp3) is 0.824. The topological polar surface area (TPSA) is 104 Å². The zero-order valence-corrected chi connectivity index (χ0v) is 25.7. The fourth-order valence-electron chi connectivity index (χ4n) is 9.73. The van der Waals surface area contributed by atoms with Gasteiger partial charge in [-0.05, 0) is 131 Å². The fourth-order valence-corrected chi connectivity index (χ4v) is 9.73. The summed E-state index contributed by atoms with van der Waals surface area (Å²) in [6, 6.07) is 0. The Kier molecular flexibility index (Phi) is 9.74. The molecule has 0 amide bonds. The molecule has 3 N–H and O–H groups in total. The second-order valence-corrected chi connectivity index (χ2v) is 14.6. The van der Waals surface area contributed by atoms with Crippen LogP contribution in [0.5, 0.6) is 0 Å². The van der Waals surface area contributed by atoms with Crippen molar-refractivity contribution in [3.63, 3.8) is 0 Å². The van der Waals surface area contributed by atoms with Crippen molar-refractivity contribution in [1.29, 1.82) is 0 Å². The van der Waals surface area contributed by atoms with Gasteiger partial charge in [-0.2, -0.15) is 0 Å². The third kappa shape index (κ3) is 6.15. The minimum atomic E-state index is -0.595. The maximum absolute atomic E-state index is 12.5. The monoisotopic (exact) mass is 558 g/mol. The second kappa shape index (κ2) is 12.4. The van der Waals surface area contributed by atoms with Gasteiger partial charge in [0.2, 0.25) is 0 Å². The number of esters is 2. The first kappa shape index (κ1) is 31.4. The van der Waals surface area contributed by atoms with Crippen LogP contribution in [0.3, 0.4) is 0 Å². The Morgan fingerprint density at radius 1 is 0.975 bits per heavy atom. The Bertz CT molecular complexity index is 996. The van der Waals surface area contributed by atoms with Crippen LogP contribution in [0.1, 0.15) is 112 Å². The number of aliphatic hydroxyl groups excluding tert-OH is 3. The number of allylic oxidation sites excluding steroid dienone is 3. The normalized spacial score (nSPS) is 41.8. The number of carbonyl (C=O) groups is 2. The highest BCUT2D eigenvalue weighted by Crippen LogP contribution is 2.68. The van der Waals surface area contributed by atoms with E-state index < -0.39 is 24.1 Å². The van der Waals surface area contributed by atoms with E-state index in [1.54, 1.807) is 0 Å². The molecule has 11 atom stereocenters. The van der Waals surface area contributed by atoms with Crippen LogP contribution < -0.4 is 0 Å². The average Bonchev–Trinajstić information content (AvgIpc) is 3.22. The summed E-state index contributed by atoms with van der Waals surface area (Å²) in [6.45, 7) is 12.7. The van der Waals surface area contributed by atoms with Gasteiger partial charge in [-0.1, -0.05) is 38.0 Å². The molecule has 0 aliphatic heterocycles. The van der Waals surface area contributed by atoms with Crippen molar-refractivity contribution in [3.05, 3.63) is 23.3 Å². The van der Waals surface area contributed by atoms with Gasteiger partial charge in [-0.3, -0.25) is 4.79 Å². The Balaban J connectivity index is 1.36. The maximum Gasteiger partial charge on any atom is 0.338 e. The molecule has 0 heterocycles. The van der Waals surface area contributed by atoms with E-state index in [9.17, 15) is 24.9 Å². The van der Waals surface area contributed by atoms with Crippen molar-refractivity contribution < 1.29 is 29.6 Å². The zero-order chi connectivity index (χ0) is 29.4. The molecule has 6 heteroatoms. The van der Waals surface area contributed by atoms with E-state index in [0.717, 1.165) is 56.9 Å². The standard InChI is InChI=1S/C34H54O6/c1-20(2)8-7-9-21(3)16-31(39)40-30(38)13-10-22(4)25-11-12-26-32-27(19-29(37)34(25,26)6)33(5)15-14-24(35)17-23(33)18-28(32)36/h8,16,22-29,32,35-37H,7,9-15,17-19H2,1-6H3/b21-16+. The number of hydrogen-bond acceptors (Lipinski definition) is 6. The number of hydrogen-bond donors (Lipinski definition) is 3. The SMILES string of the molecule is CC(C)=CCC/C(C)=C/C(=O)OC(=O)CCC(C)C1CCC2C3C(O)CC4CC(O)CCC4(C)C3CC(O)C12C. The molecular formula is C34H54O6. The molecule has 4 fully saturated rings. The molecule has 0 radical (unpaired) electrons. The lowest BCUT2D eigenvalue weighted by Gasteiger charge is -2.63.